The number of unbranched alkanes of at least 4 members (excludes halogenated alkanes) is 1. The van der Waals surface area contributed by atoms with Crippen LogP contribution in [-0.4, -0.2) is 5.84 Å². The fraction of sp³-hybridized carbons (Fsp3) is 0.308. The molecule has 0 atom stereocenters. The van der Waals surface area contributed by atoms with Gasteiger partial charge in [0.25, 0.3) is 0 Å². The molecule has 0 saturated carbocycles. The lowest BCUT2D eigenvalue weighted by molar-refractivity contribution is 0.831. The molecule has 0 radical (unpaired) electrons. The summed E-state index contributed by atoms with van der Waals surface area (Å²) in [5, 5.41) is 1.09. The summed E-state index contributed by atoms with van der Waals surface area (Å²) >= 11 is 11.7. The van der Waals surface area contributed by atoms with E-state index in [0.29, 0.717) is 15.9 Å². The molecule has 0 aliphatic carbocycles. The van der Waals surface area contributed by atoms with Gasteiger partial charge in [-0.3, -0.25) is 0 Å². The van der Waals surface area contributed by atoms with Crippen molar-refractivity contribution in [3.05, 3.63) is 40.0 Å². The van der Waals surface area contributed by atoms with E-state index < -0.39 is 0 Å². The van der Waals surface area contributed by atoms with Gasteiger partial charge in [0.2, 0.25) is 0 Å². The summed E-state index contributed by atoms with van der Waals surface area (Å²) in [6.07, 6.45) is 6.55. The fourth-order valence-corrected chi connectivity index (χ4v) is 1.56. The lowest BCUT2D eigenvalue weighted by Gasteiger charge is -1.97. The maximum Gasteiger partial charge on any atom is 0.0988 e. The van der Waals surface area contributed by atoms with E-state index in [1.165, 1.54) is 0 Å². The highest BCUT2D eigenvalue weighted by Gasteiger charge is 1.96. The number of aliphatic imine (C=N–C) groups is 1. The number of amidine groups is 1. The lowest BCUT2D eigenvalue weighted by atomic mass is 10.2. The monoisotopic (exact) mass is 270 g/mol. The summed E-state index contributed by atoms with van der Waals surface area (Å²) < 4.78 is 0. The van der Waals surface area contributed by atoms with Crippen LogP contribution in [0.15, 0.2) is 29.4 Å². The summed E-state index contributed by atoms with van der Waals surface area (Å²) in [7, 11) is 0. The van der Waals surface area contributed by atoms with Crippen LogP contribution in [0.25, 0.3) is 6.08 Å². The van der Waals surface area contributed by atoms with E-state index in [9.17, 15) is 0 Å². The average molecular weight is 271 g/mol. The van der Waals surface area contributed by atoms with Gasteiger partial charge in [-0.2, -0.15) is 0 Å². The normalized spacial score (nSPS) is 12.3. The Labute approximate surface area is 112 Å². The minimum Gasteiger partial charge on any atom is -0.387 e. The van der Waals surface area contributed by atoms with Crippen molar-refractivity contribution in [2.24, 2.45) is 10.7 Å². The fourth-order valence-electron chi connectivity index (χ4n) is 1.26. The van der Waals surface area contributed by atoms with Crippen molar-refractivity contribution in [1.82, 2.24) is 0 Å². The zero-order chi connectivity index (χ0) is 12.7. The Hall–Kier alpha value is -0.990. The van der Waals surface area contributed by atoms with Crippen LogP contribution in [0, 0.1) is 0 Å². The Morgan fingerprint density at radius 3 is 2.76 bits per heavy atom. The molecule has 2 nitrogen and oxygen atoms in total. The van der Waals surface area contributed by atoms with Crippen LogP contribution in [-0.2, 0) is 0 Å². The van der Waals surface area contributed by atoms with E-state index in [-0.39, 0.29) is 0 Å². The van der Waals surface area contributed by atoms with Gasteiger partial charge in [0, 0.05) is 12.6 Å². The molecule has 0 unspecified atom stereocenters. The second kappa shape index (κ2) is 7.36. The molecule has 0 amide bonds. The van der Waals surface area contributed by atoms with Crippen LogP contribution in [0.4, 0.5) is 0 Å². The third-order valence-electron chi connectivity index (χ3n) is 2.24. The predicted octanol–water partition coefficient (Wildman–Crippen LogP) is 4.51. The van der Waals surface area contributed by atoms with Crippen molar-refractivity contribution < 1.29 is 0 Å². The zero-order valence-corrected chi connectivity index (χ0v) is 11.3. The molecule has 0 fully saturated rings. The average Bonchev–Trinajstić information content (AvgIpc) is 2.31. The Balaban J connectivity index is 2.61. The number of hydrogen-bond donors (Lipinski definition) is 1. The Morgan fingerprint density at radius 2 is 2.12 bits per heavy atom. The molecular formula is C13H16Cl2N2. The van der Waals surface area contributed by atoms with E-state index in [2.05, 4.69) is 11.9 Å². The Bertz CT molecular complexity index is 425. The molecular weight excluding hydrogens is 255 g/mol. The summed E-state index contributed by atoms with van der Waals surface area (Å²) in [4.78, 5) is 4.15. The number of nitrogens with two attached hydrogens (primary N) is 1. The van der Waals surface area contributed by atoms with Gasteiger partial charge >= 0.3 is 0 Å². The first-order valence-electron chi connectivity index (χ1n) is 5.57. The molecule has 0 aliphatic heterocycles. The van der Waals surface area contributed by atoms with Gasteiger partial charge in [0.15, 0.2) is 0 Å². The largest absolute Gasteiger partial charge is 0.387 e. The highest BCUT2D eigenvalue weighted by Crippen LogP contribution is 2.23. The van der Waals surface area contributed by atoms with Crippen LogP contribution in [0.5, 0.6) is 0 Å². The molecule has 1 aromatic rings. The zero-order valence-electron chi connectivity index (χ0n) is 9.79. The number of rotatable bonds is 5. The number of hydrogen-bond acceptors (Lipinski definition) is 1. The van der Waals surface area contributed by atoms with Crippen LogP contribution in [0.2, 0.25) is 10.0 Å². The highest BCUT2D eigenvalue weighted by molar-refractivity contribution is 6.42. The quantitative estimate of drug-likeness (QED) is 0.621. The Morgan fingerprint density at radius 1 is 1.35 bits per heavy atom. The molecule has 0 spiro atoms. The first kappa shape index (κ1) is 14.1. The van der Waals surface area contributed by atoms with Gasteiger partial charge in [-0.1, -0.05) is 42.6 Å². The number of benzene rings is 1. The summed E-state index contributed by atoms with van der Waals surface area (Å²) in [5.74, 6) is 0.656. The summed E-state index contributed by atoms with van der Waals surface area (Å²) in [6.45, 7) is 2.12. The Kier molecular flexibility index (Phi) is 6.09. The maximum absolute atomic E-state index is 5.90. The van der Waals surface area contributed by atoms with E-state index in [0.717, 1.165) is 24.8 Å². The molecule has 0 bridgehead atoms. The molecule has 0 heterocycles. The molecule has 92 valence electrons. The first-order valence-corrected chi connectivity index (χ1v) is 6.33. The molecule has 2 N–H and O–H groups in total. The number of nitrogens with zero attached hydrogens (tertiary/aromatic N) is 1. The first-order chi connectivity index (χ1) is 8.13. The second-order valence-electron chi connectivity index (χ2n) is 3.71. The molecule has 0 aromatic heterocycles. The van der Waals surface area contributed by atoms with E-state index in [1.807, 2.05) is 12.1 Å². The molecule has 0 aliphatic rings. The van der Waals surface area contributed by atoms with Crippen molar-refractivity contribution >= 4 is 35.1 Å². The number of halogens is 2. The third kappa shape index (κ3) is 5.24. The molecule has 1 rings (SSSR count). The van der Waals surface area contributed by atoms with Crippen molar-refractivity contribution in [1.29, 1.82) is 0 Å². The van der Waals surface area contributed by atoms with Crippen LogP contribution in [0.1, 0.15) is 31.7 Å². The minimum absolute atomic E-state index is 0.539. The van der Waals surface area contributed by atoms with E-state index >= 15 is 0 Å². The van der Waals surface area contributed by atoms with Gasteiger partial charge in [-0.05, 0) is 30.2 Å². The standard InChI is InChI=1S/C13H16Cl2N2/c1-2-3-4-13(16)17-8-7-10-5-6-11(14)12(15)9-10/h5-9H,2-4H2,1H3,(H2,16,17). The van der Waals surface area contributed by atoms with Gasteiger partial charge < -0.3 is 5.73 Å². The molecule has 17 heavy (non-hydrogen) atoms. The third-order valence-corrected chi connectivity index (χ3v) is 2.98. The van der Waals surface area contributed by atoms with Gasteiger partial charge in [-0.15, -0.1) is 0 Å². The van der Waals surface area contributed by atoms with Crippen LogP contribution in [0.3, 0.4) is 0 Å². The van der Waals surface area contributed by atoms with E-state index in [4.69, 9.17) is 28.9 Å². The van der Waals surface area contributed by atoms with Gasteiger partial charge in [0.05, 0.1) is 15.9 Å². The maximum atomic E-state index is 5.90. The van der Waals surface area contributed by atoms with E-state index in [1.54, 1.807) is 18.3 Å². The predicted molar refractivity (Wildman–Crippen MR) is 76.6 cm³/mol. The van der Waals surface area contributed by atoms with Crippen molar-refractivity contribution in [3.8, 4) is 0 Å². The minimum atomic E-state index is 0.539. The molecule has 1 aromatic carbocycles. The molecule has 0 saturated heterocycles. The van der Waals surface area contributed by atoms with Crippen LogP contribution >= 0.6 is 23.2 Å². The highest BCUT2D eigenvalue weighted by atomic mass is 35.5. The lowest BCUT2D eigenvalue weighted by Crippen LogP contribution is -2.10. The second-order valence-corrected chi connectivity index (χ2v) is 4.53. The van der Waals surface area contributed by atoms with Crippen LogP contribution < -0.4 is 5.73 Å². The topological polar surface area (TPSA) is 38.4 Å². The van der Waals surface area contributed by atoms with Crippen molar-refractivity contribution in [2.75, 3.05) is 0 Å². The molecule has 4 heteroatoms. The summed E-state index contributed by atoms with van der Waals surface area (Å²) in [6, 6.07) is 5.42. The smallest absolute Gasteiger partial charge is 0.0988 e. The van der Waals surface area contributed by atoms with Gasteiger partial charge in [0.1, 0.15) is 0 Å². The summed E-state index contributed by atoms with van der Waals surface area (Å²) in [5.41, 5.74) is 6.68. The van der Waals surface area contributed by atoms with Gasteiger partial charge in [-0.25, -0.2) is 4.99 Å². The van der Waals surface area contributed by atoms with Crippen molar-refractivity contribution in [3.63, 3.8) is 0 Å². The SMILES string of the molecule is CCCCC(N)=NC=Cc1ccc(Cl)c(Cl)c1. The van der Waals surface area contributed by atoms with Crippen molar-refractivity contribution in [2.45, 2.75) is 26.2 Å².